The van der Waals surface area contributed by atoms with E-state index in [0.29, 0.717) is 26.3 Å². The van der Waals surface area contributed by atoms with E-state index in [1.807, 2.05) is 0 Å². The Hall–Kier alpha value is -3.33. The molecule has 0 aliphatic rings. The van der Waals surface area contributed by atoms with E-state index in [-0.39, 0.29) is 22.2 Å². The fraction of sp³-hybridized carbons (Fsp3) is 0.105. The van der Waals surface area contributed by atoms with Crippen molar-refractivity contribution in [2.45, 2.75) is 6.18 Å². The van der Waals surface area contributed by atoms with E-state index >= 15 is 0 Å². The number of aromatic nitrogens is 3. The zero-order valence-electron chi connectivity index (χ0n) is 14.7. The minimum atomic E-state index is -4.84. The molecule has 0 unspecified atom stereocenters. The molecule has 0 fully saturated rings. The maximum Gasteiger partial charge on any atom is 0.431 e. The van der Waals surface area contributed by atoms with Crippen LogP contribution in [-0.2, 0) is 13.2 Å². The molecule has 4 rings (SSSR count). The van der Waals surface area contributed by atoms with Crippen molar-refractivity contribution in [1.29, 1.82) is 0 Å². The van der Waals surface area contributed by atoms with E-state index in [1.54, 1.807) is 24.3 Å². The highest BCUT2D eigenvalue weighted by molar-refractivity contribution is 6.33. The van der Waals surface area contributed by atoms with E-state index < -0.39 is 23.1 Å². The first-order valence-corrected chi connectivity index (χ1v) is 8.61. The zero-order valence-corrected chi connectivity index (χ0v) is 15.5. The maximum atomic E-state index is 13.0. The number of para-hydroxylation sites is 2. The molecule has 148 valence electrons. The average Bonchev–Trinajstić information content (AvgIpc) is 3.09. The summed E-state index contributed by atoms with van der Waals surface area (Å²) in [5.74, 6) is 0.148. The van der Waals surface area contributed by atoms with Crippen LogP contribution in [0.25, 0.3) is 28.2 Å². The van der Waals surface area contributed by atoms with Crippen LogP contribution in [0, 0.1) is 0 Å². The van der Waals surface area contributed by atoms with Gasteiger partial charge in [-0.05, 0) is 30.3 Å². The number of hydrogen-bond acceptors (Lipinski definition) is 4. The summed E-state index contributed by atoms with van der Waals surface area (Å²) in [5.41, 5.74) is -2.20. The fourth-order valence-corrected chi connectivity index (χ4v) is 3.14. The lowest BCUT2D eigenvalue weighted by atomic mass is 10.2. The predicted molar refractivity (Wildman–Crippen MR) is 100 cm³/mol. The summed E-state index contributed by atoms with van der Waals surface area (Å²) in [7, 11) is 0.943. The van der Waals surface area contributed by atoms with E-state index in [0.717, 1.165) is 7.05 Å². The molecule has 0 amide bonds. The highest BCUT2D eigenvalue weighted by atomic mass is 35.5. The summed E-state index contributed by atoms with van der Waals surface area (Å²) in [5, 5.41) is 0.233. The molecule has 0 radical (unpaired) electrons. The molecule has 0 aliphatic carbocycles. The predicted octanol–water partition coefficient (Wildman–Crippen LogP) is 4.02. The van der Waals surface area contributed by atoms with Crippen molar-refractivity contribution in [3.63, 3.8) is 0 Å². The van der Waals surface area contributed by atoms with E-state index in [1.165, 1.54) is 18.2 Å². The van der Waals surface area contributed by atoms with Crippen LogP contribution in [0.15, 0.2) is 62.5 Å². The van der Waals surface area contributed by atoms with Crippen LogP contribution in [0.2, 0.25) is 5.02 Å². The molecule has 0 bridgehead atoms. The van der Waals surface area contributed by atoms with Crippen LogP contribution in [0.4, 0.5) is 13.2 Å². The second kappa shape index (κ2) is 6.63. The van der Waals surface area contributed by atoms with Crippen molar-refractivity contribution in [2.75, 3.05) is 0 Å². The minimum absolute atomic E-state index is 0.0333. The molecule has 0 saturated carbocycles. The lowest BCUT2D eigenvalue weighted by molar-refractivity contribution is -0.144. The van der Waals surface area contributed by atoms with Gasteiger partial charge in [0.05, 0.1) is 16.3 Å². The quantitative estimate of drug-likeness (QED) is 0.490. The largest absolute Gasteiger partial charge is 0.436 e. The molecule has 0 N–H and O–H groups in total. The summed E-state index contributed by atoms with van der Waals surface area (Å²) in [6.07, 6.45) is -4.84. The molecule has 4 aromatic rings. The van der Waals surface area contributed by atoms with Crippen LogP contribution in [0.5, 0.6) is 0 Å². The first-order valence-electron chi connectivity index (χ1n) is 8.23. The number of fused-ring (bicyclic) bond motifs is 1. The Bertz CT molecular complexity index is 1340. The van der Waals surface area contributed by atoms with Gasteiger partial charge in [-0.3, -0.25) is 9.36 Å². The summed E-state index contributed by atoms with van der Waals surface area (Å²) in [4.78, 5) is 29.1. The molecule has 0 aliphatic heterocycles. The summed E-state index contributed by atoms with van der Waals surface area (Å²) in [6.45, 7) is 0. The van der Waals surface area contributed by atoms with Gasteiger partial charge in [0.25, 0.3) is 5.56 Å². The molecule has 2 aromatic carbocycles. The second-order valence-corrected chi connectivity index (χ2v) is 6.60. The highest BCUT2D eigenvalue weighted by Crippen LogP contribution is 2.31. The van der Waals surface area contributed by atoms with Crippen molar-refractivity contribution in [3.05, 3.63) is 80.1 Å². The minimum Gasteiger partial charge on any atom is -0.436 e. The van der Waals surface area contributed by atoms with Crippen LogP contribution in [0.3, 0.4) is 0 Å². The monoisotopic (exact) mass is 421 g/mol. The smallest absolute Gasteiger partial charge is 0.431 e. The Morgan fingerprint density at radius 3 is 2.48 bits per heavy atom. The van der Waals surface area contributed by atoms with Crippen LogP contribution < -0.4 is 11.2 Å². The van der Waals surface area contributed by atoms with Gasteiger partial charge in [-0.15, -0.1) is 0 Å². The van der Waals surface area contributed by atoms with Crippen molar-refractivity contribution in [1.82, 2.24) is 14.1 Å². The first-order chi connectivity index (χ1) is 13.7. The molecule has 0 spiro atoms. The number of hydrogen-bond donors (Lipinski definition) is 0. The Balaban J connectivity index is 1.92. The van der Waals surface area contributed by atoms with Gasteiger partial charge in [-0.25, -0.2) is 14.3 Å². The lowest BCUT2D eigenvalue weighted by Gasteiger charge is -2.14. The van der Waals surface area contributed by atoms with Crippen molar-refractivity contribution in [3.8, 4) is 17.1 Å². The highest BCUT2D eigenvalue weighted by Gasteiger charge is 2.35. The van der Waals surface area contributed by atoms with Crippen molar-refractivity contribution >= 4 is 22.7 Å². The Morgan fingerprint density at radius 2 is 1.79 bits per heavy atom. The Labute approximate surface area is 165 Å². The fourth-order valence-electron chi connectivity index (χ4n) is 2.94. The molecule has 29 heavy (non-hydrogen) atoms. The van der Waals surface area contributed by atoms with Crippen LogP contribution in [-0.4, -0.2) is 14.1 Å². The van der Waals surface area contributed by atoms with Crippen molar-refractivity contribution in [2.24, 2.45) is 7.05 Å². The zero-order chi connectivity index (χ0) is 20.9. The summed E-state index contributed by atoms with van der Waals surface area (Å²) in [6, 6.07) is 11.5. The Morgan fingerprint density at radius 1 is 1.07 bits per heavy atom. The van der Waals surface area contributed by atoms with Crippen molar-refractivity contribution < 1.29 is 17.6 Å². The molecule has 10 heteroatoms. The lowest BCUT2D eigenvalue weighted by Crippen LogP contribution is -2.40. The third kappa shape index (κ3) is 3.23. The number of rotatable bonds is 2. The molecular weight excluding hydrogens is 411 g/mol. The molecule has 6 nitrogen and oxygen atoms in total. The number of benzene rings is 2. The SMILES string of the molecule is Cn1c(C(F)(F)F)cc(=O)n(-c2ccc(Cl)c(-c3nc4ccccc4o3)c2)c1=O. The maximum absolute atomic E-state index is 13.0. The van der Waals surface area contributed by atoms with Crippen LogP contribution >= 0.6 is 11.6 Å². The second-order valence-electron chi connectivity index (χ2n) is 6.19. The number of alkyl halides is 3. The molecule has 0 saturated heterocycles. The standard InChI is InChI=1S/C19H11ClF3N3O3/c1-25-15(19(21,22)23)9-16(27)26(18(25)28)10-6-7-12(20)11(8-10)17-24-13-4-2-3-5-14(13)29-17/h2-9H,1H3. The molecule has 2 aromatic heterocycles. The van der Waals surface area contributed by atoms with Crippen LogP contribution in [0.1, 0.15) is 5.69 Å². The number of oxazole rings is 1. The van der Waals surface area contributed by atoms with Gasteiger partial charge in [0.1, 0.15) is 11.2 Å². The van der Waals surface area contributed by atoms with Gasteiger partial charge in [0.2, 0.25) is 5.89 Å². The molecular formula is C19H11ClF3N3O3. The number of halogens is 4. The van der Waals surface area contributed by atoms with Gasteiger partial charge >= 0.3 is 11.9 Å². The number of nitrogens with zero attached hydrogens (tertiary/aromatic N) is 3. The van der Waals surface area contributed by atoms with E-state index in [2.05, 4.69) is 4.98 Å². The molecule has 0 atom stereocenters. The van der Waals surface area contributed by atoms with Gasteiger partial charge < -0.3 is 4.42 Å². The average molecular weight is 422 g/mol. The van der Waals surface area contributed by atoms with Gasteiger partial charge in [0.15, 0.2) is 5.58 Å². The third-order valence-corrected chi connectivity index (χ3v) is 4.67. The molecule has 2 heterocycles. The van der Waals surface area contributed by atoms with Gasteiger partial charge in [-0.2, -0.15) is 13.2 Å². The summed E-state index contributed by atoms with van der Waals surface area (Å²) < 4.78 is 45.8. The van der Waals surface area contributed by atoms with E-state index in [4.69, 9.17) is 16.0 Å². The topological polar surface area (TPSA) is 70.0 Å². The van der Waals surface area contributed by atoms with E-state index in [9.17, 15) is 22.8 Å². The normalized spacial score (nSPS) is 11.9. The van der Waals surface area contributed by atoms with Gasteiger partial charge in [0, 0.05) is 13.1 Å². The first kappa shape index (κ1) is 19.0. The Kier molecular flexibility index (Phi) is 4.34. The summed E-state index contributed by atoms with van der Waals surface area (Å²) >= 11 is 6.22. The van der Waals surface area contributed by atoms with Gasteiger partial charge in [-0.1, -0.05) is 23.7 Å². The third-order valence-electron chi connectivity index (χ3n) is 4.34.